The van der Waals surface area contributed by atoms with Crippen LogP contribution in [-0.2, 0) is 14.4 Å². The normalized spacial score (nSPS) is 32.4. The standard InChI is InChI=1S/C22H24N2O8.Ca.H2O/c1-7-8-5-4-6-9(25)11(8)16(26)12-10(7)17(27)14-15(24(2)3)18(28)13(21(23)31)20(30)22(14,32)19(12)29;;/h4-7,10,14-15,17,25-27,30,32H,1-3H3,(H2,23,31);;1H2/q;+2;/t7-,10+,14+,15-,17-,22-;;/m0../s1. The SMILES string of the molecule is C[C@H]1c2cccc(O)c2C(O)=C2C(=O)[C@]3(O)C(O)=C(C(N)=O)C(=O)[C@@H](N(C)C)[C@@H]3[C@@H](O)[C@@H]21.O.[Ca+2]. The first kappa shape index (κ1) is 28.2. The molecule has 1 amide bonds. The molecule has 4 rings (SSSR count). The van der Waals surface area contributed by atoms with Crippen LogP contribution >= 0.6 is 0 Å². The summed E-state index contributed by atoms with van der Waals surface area (Å²) in [5, 5.41) is 54.9. The number of aliphatic hydroxyl groups is 4. The summed E-state index contributed by atoms with van der Waals surface area (Å²) in [5.74, 6) is -8.87. The van der Waals surface area contributed by atoms with Gasteiger partial charge in [0.1, 0.15) is 22.8 Å². The van der Waals surface area contributed by atoms with Crippen molar-refractivity contribution in [3.8, 4) is 5.75 Å². The topological polar surface area (TPSA) is 213 Å². The third-order valence-electron chi connectivity index (χ3n) is 6.99. The van der Waals surface area contributed by atoms with Gasteiger partial charge in [-0.25, -0.2) is 0 Å². The molecule has 3 aliphatic rings. The van der Waals surface area contributed by atoms with E-state index in [1.165, 1.54) is 25.1 Å². The number of likely N-dealkylation sites (N-methyl/N-ethyl adjacent to an activating group) is 1. The number of rotatable bonds is 2. The van der Waals surface area contributed by atoms with Crippen LogP contribution in [-0.4, -0.2) is 123 Å². The van der Waals surface area contributed by atoms with E-state index in [1.54, 1.807) is 19.1 Å². The minimum atomic E-state index is -2.89. The van der Waals surface area contributed by atoms with Crippen LogP contribution in [0.5, 0.6) is 5.75 Å². The van der Waals surface area contributed by atoms with Gasteiger partial charge in [-0.15, -0.1) is 0 Å². The van der Waals surface area contributed by atoms with Crippen LogP contribution in [0.2, 0.25) is 0 Å². The average Bonchev–Trinajstić information content (AvgIpc) is 2.70. The number of benzene rings is 1. The van der Waals surface area contributed by atoms with Crippen molar-refractivity contribution in [3.05, 3.63) is 46.2 Å². The molecule has 0 radical (unpaired) electrons. The predicted molar refractivity (Wildman–Crippen MR) is 120 cm³/mol. The molecule has 12 heteroatoms. The van der Waals surface area contributed by atoms with Gasteiger partial charge < -0.3 is 36.7 Å². The molecule has 0 heterocycles. The molecule has 11 nitrogen and oxygen atoms in total. The Labute approximate surface area is 224 Å². The van der Waals surface area contributed by atoms with Gasteiger partial charge in [-0.05, 0) is 31.6 Å². The van der Waals surface area contributed by atoms with E-state index in [2.05, 4.69) is 0 Å². The maximum absolute atomic E-state index is 13.7. The number of amides is 1. The second-order valence-electron chi connectivity index (χ2n) is 8.79. The molecule has 6 atom stereocenters. The van der Waals surface area contributed by atoms with Crippen LogP contribution < -0.4 is 5.73 Å². The molecule has 3 aliphatic carbocycles. The summed E-state index contributed by atoms with van der Waals surface area (Å²) < 4.78 is 0. The van der Waals surface area contributed by atoms with Gasteiger partial charge in [0, 0.05) is 11.5 Å². The van der Waals surface area contributed by atoms with E-state index < -0.39 is 75.6 Å². The molecule has 0 unspecified atom stereocenters. The summed E-state index contributed by atoms with van der Waals surface area (Å²) in [7, 11) is 2.92. The number of aliphatic hydroxyl groups excluding tert-OH is 3. The molecule has 0 saturated heterocycles. The average molecular weight is 503 g/mol. The van der Waals surface area contributed by atoms with Crippen molar-refractivity contribution >= 4 is 61.0 Å². The fourth-order valence-corrected chi connectivity index (χ4v) is 5.58. The summed E-state index contributed by atoms with van der Waals surface area (Å²) in [5.41, 5.74) is 1.47. The van der Waals surface area contributed by atoms with Crippen molar-refractivity contribution in [3.63, 3.8) is 0 Å². The van der Waals surface area contributed by atoms with E-state index in [4.69, 9.17) is 5.73 Å². The summed E-state index contributed by atoms with van der Waals surface area (Å²) in [6.07, 6.45) is -1.59. The van der Waals surface area contributed by atoms with E-state index in [9.17, 15) is 39.9 Å². The summed E-state index contributed by atoms with van der Waals surface area (Å²) in [6.45, 7) is 1.68. The first-order chi connectivity index (χ1) is 14.9. The molecule has 1 aromatic rings. The van der Waals surface area contributed by atoms with Gasteiger partial charge in [-0.3, -0.25) is 19.3 Å². The smallest absolute Gasteiger partial charge is 0.508 e. The van der Waals surface area contributed by atoms with Gasteiger partial charge in [-0.1, -0.05) is 19.1 Å². The van der Waals surface area contributed by atoms with Crippen molar-refractivity contribution in [2.24, 2.45) is 17.6 Å². The van der Waals surface area contributed by atoms with Crippen molar-refractivity contribution in [1.82, 2.24) is 4.90 Å². The molecule has 0 aromatic heterocycles. The van der Waals surface area contributed by atoms with Crippen LogP contribution in [0.3, 0.4) is 0 Å². The number of hydrogen-bond acceptors (Lipinski definition) is 9. The van der Waals surface area contributed by atoms with E-state index >= 15 is 0 Å². The van der Waals surface area contributed by atoms with Crippen molar-refractivity contribution in [2.45, 2.75) is 30.6 Å². The number of carbonyl (C=O) groups excluding carboxylic acids is 3. The third-order valence-corrected chi connectivity index (χ3v) is 6.99. The zero-order chi connectivity index (χ0) is 23.9. The molecular formula is C22H26CaN2O9+2. The maximum atomic E-state index is 13.7. The molecule has 34 heavy (non-hydrogen) atoms. The van der Waals surface area contributed by atoms with Gasteiger partial charge >= 0.3 is 37.7 Å². The van der Waals surface area contributed by atoms with Crippen LogP contribution in [0.1, 0.15) is 24.0 Å². The largest absolute Gasteiger partial charge is 2.00 e. The Morgan fingerprint density at radius 2 is 1.74 bits per heavy atom. The Morgan fingerprint density at radius 1 is 1.15 bits per heavy atom. The number of hydrogen-bond donors (Lipinski definition) is 6. The minimum Gasteiger partial charge on any atom is -0.508 e. The van der Waals surface area contributed by atoms with Gasteiger partial charge in [0.25, 0.3) is 5.91 Å². The quantitative estimate of drug-likeness (QED) is 0.200. The van der Waals surface area contributed by atoms with E-state index in [1.807, 2.05) is 0 Å². The molecule has 0 aliphatic heterocycles. The Kier molecular flexibility index (Phi) is 7.67. The molecule has 1 saturated carbocycles. The number of phenols is 1. The number of ketones is 2. The Balaban J connectivity index is 0.00000204. The van der Waals surface area contributed by atoms with Gasteiger partial charge in [-0.2, -0.15) is 0 Å². The van der Waals surface area contributed by atoms with Gasteiger partial charge in [0.05, 0.1) is 23.6 Å². The summed E-state index contributed by atoms with van der Waals surface area (Å²) in [4.78, 5) is 40.0. The molecule has 0 bridgehead atoms. The number of aromatic hydroxyl groups is 1. The van der Waals surface area contributed by atoms with Crippen LogP contribution in [0.4, 0.5) is 0 Å². The molecule has 0 spiro atoms. The molecule has 9 N–H and O–H groups in total. The van der Waals surface area contributed by atoms with Crippen LogP contribution in [0.15, 0.2) is 35.1 Å². The zero-order valence-corrected chi connectivity index (χ0v) is 21.0. The Bertz CT molecular complexity index is 1150. The number of nitrogens with zero attached hydrogens (tertiary/aromatic N) is 1. The van der Waals surface area contributed by atoms with Gasteiger partial charge in [0.2, 0.25) is 5.78 Å². The fraction of sp³-hybridized carbons (Fsp3) is 0.409. The fourth-order valence-electron chi connectivity index (χ4n) is 5.58. The number of phenolic OH excluding ortho intramolecular Hbond substituents is 1. The Morgan fingerprint density at radius 3 is 2.26 bits per heavy atom. The predicted octanol–water partition coefficient (Wildman–Crippen LogP) is -1.71. The van der Waals surface area contributed by atoms with Crippen molar-refractivity contribution in [1.29, 1.82) is 0 Å². The first-order valence-electron chi connectivity index (χ1n) is 10.0. The number of fused-ring (bicyclic) bond motifs is 3. The second kappa shape index (κ2) is 9.23. The molecule has 1 aromatic carbocycles. The zero-order valence-electron chi connectivity index (χ0n) is 18.8. The van der Waals surface area contributed by atoms with Gasteiger partial charge in [0.15, 0.2) is 11.4 Å². The molecular weight excluding hydrogens is 476 g/mol. The number of primary amides is 1. The number of Topliss-reactive ketones (excluding diaryl/α,β-unsaturated/α-hetero) is 2. The van der Waals surface area contributed by atoms with Crippen LogP contribution in [0.25, 0.3) is 5.76 Å². The minimum absolute atomic E-state index is 0. The first-order valence-corrected chi connectivity index (χ1v) is 10.0. The van der Waals surface area contributed by atoms with E-state index in [0.29, 0.717) is 5.56 Å². The van der Waals surface area contributed by atoms with E-state index in [0.717, 1.165) is 0 Å². The third kappa shape index (κ3) is 3.41. The monoisotopic (exact) mass is 502 g/mol. The van der Waals surface area contributed by atoms with Crippen molar-refractivity contribution in [2.75, 3.05) is 14.1 Å². The summed E-state index contributed by atoms with van der Waals surface area (Å²) in [6, 6.07) is 3.13. The maximum Gasteiger partial charge on any atom is 2.00 e. The summed E-state index contributed by atoms with van der Waals surface area (Å²) >= 11 is 0. The number of carbonyl (C=O) groups is 3. The second-order valence-corrected chi connectivity index (χ2v) is 8.79. The molecule has 1 fully saturated rings. The van der Waals surface area contributed by atoms with Crippen LogP contribution in [0, 0.1) is 11.8 Å². The number of nitrogens with two attached hydrogens (primary N) is 1. The van der Waals surface area contributed by atoms with E-state index in [-0.39, 0.29) is 54.5 Å². The molecule has 178 valence electrons. The van der Waals surface area contributed by atoms with Crippen molar-refractivity contribution < 1.29 is 45.4 Å². The Hall–Kier alpha value is -1.99.